The molecule has 5 nitrogen and oxygen atoms in total. The van der Waals surface area contributed by atoms with Crippen LogP contribution in [0.25, 0.3) is 0 Å². The Morgan fingerprint density at radius 1 is 1.11 bits per heavy atom. The third-order valence-corrected chi connectivity index (χ3v) is 4.96. The quantitative estimate of drug-likeness (QED) is 0.810. The van der Waals surface area contributed by atoms with Crippen LogP contribution in [0.1, 0.15) is 18.1 Å². The highest BCUT2D eigenvalue weighted by molar-refractivity contribution is 5.84. The first-order valence-corrected chi connectivity index (χ1v) is 9.15. The number of halogens is 1. The normalized spacial score (nSPS) is 16.2. The number of hydrogen-bond acceptors (Lipinski definition) is 5. The Morgan fingerprint density at radius 2 is 1.78 bits per heavy atom. The van der Waals surface area contributed by atoms with Crippen molar-refractivity contribution in [3.63, 3.8) is 0 Å². The smallest absolute Gasteiger partial charge is 0.167 e. The van der Waals surface area contributed by atoms with Crippen molar-refractivity contribution in [2.24, 2.45) is 0 Å². The molecule has 6 heteroatoms. The minimum atomic E-state index is -1.19. The van der Waals surface area contributed by atoms with Gasteiger partial charge in [0.2, 0.25) is 0 Å². The number of para-hydroxylation sites is 2. The predicted molar refractivity (Wildman–Crippen MR) is 103 cm³/mol. The number of aliphatic hydroxyl groups excluding tert-OH is 1. The summed E-state index contributed by atoms with van der Waals surface area (Å²) in [6, 6.07) is 13.4. The van der Waals surface area contributed by atoms with E-state index in [2.05, 4.69) is 15.9 Å². The second-order valence-electron chi connectivity index (χ2n) is 6.67. The van der Waals surface area contributed by atoms with E-state index >= 15 is 0 Å². The fourth-order valence-corrected chi connectivity index (χ4v) is 3.34. The minimum Gasteiger partial charge on any atom is -0.495 e. The lowest BCUT2D eigenvalue weighted by Crippen LogP contribution is -2.47. The molecule has 0 amide bonds. The van der Waals surface area contributed by atoms with Crippen LogP contribution < -0.4 is 9.64 Å². The largest absolute Gasteiger partial charge is 0.495 e. The summed E-state index contributed by atoms with van der Waals surface area (Å²) in [4.78, 5) is 16.7. The number of hydrogen-bond donors (Lipinski definition) is 1. The molecule has 1 aliphatic rings. The van der Waals surface area contributed by atoms with Crippen LogP contribution in [0.5, 0.6) is 5.75 Å². The lowest BCUT2D eigenvalue weighted by atomic mass is 10.0. The van der Waals surface area contributed by atoms with Crippen LogP contribution in [0, 0.1) is 5.82 Å². The fourth-order valence-electron chi connectivity index (χ4n) is 3.34. The number of nitrogens with zero attached hydrogens (tertiary/aromatic N) is 2. The van der Waals surface area contributed by atoms with E-state index in [0.29, 0.717) is 12.1 Å². The van der Waals surface area contributed by atoms with Gasteiger partial charge in [0.1, 0.15) is 17.7 Å². The summed E-state index contributed by atoms with van der Waals surface area (Å²) in [5.74, 6) is 0.239. The van der Waals surface area contributed by atoms with Crippen molar-refractivity contribution >= 4 is 11.5 Å². The zero-order valence-electron chi connectivity index (χ0n) is 15.5. The van der Waals surface area contributed by atoms with Gasteiger partial charge in [0.05, 0.1) is 12.8 Å². The first-order valence-electron chi connectivity index (χ1n) is 9.15. The first kappa shape index (κ1) is 19.3. The zero-order chi connectivity index (χ0) is 19.2. The van der Waals surface area contributed by atoms with Crippen molar-refractivity contribution in [2.45, 2.75) is 12.5 Å². The predicted octanol–water partition coefficient (Wildman–Crippen LogP) is 2.65. The molecule has 0 spiro atoms. The Balaban J connectivity index is 1.48. The number of ketones is 1. The van der Waals surface area contributed by atoms with Gasteiger partial charge >= 0.3 is 0 Å². The SMILES string of the molecule is COc1ccccc1N1CCN(CCC(=O)C(O)c2ccc(F)cc2)CC1. The van der Waals surface area contributed by atoms with Crippen molar-refractivity contribution in [1.29, 1.82) is 0 Å². The topological polar surface area (TPSA) is 53.0 Å². The third-order valence-electron chi connectivity index (χ3n) is 4.96. The van der Waals surface area contributed by atoms with Gasteiger partial charge in [0, 0.05) is 39.1 Å². The average molecular weight is 372 g/mol. The van der Waals surface area contributed by atoms with Crippen molar-refractivity contribution in [3.05, 3.63) is 59.9 Å². The monoisotopic (exact) mass is 372 g/mol. The molecular weight excluding hydrogens is 347 g/mol. The summed E-state index contributed by atoms with van der Waals surface area (Å²) < 4.78 is 18.4. The van der Waals surface area contributed by atoms with E-state index in [-0.39, 0.29) is 18.0 Å². The molecule has 3 rings (SSSR count). The molecule has 1 atom stereocenters. The summed E-state index contributed by atoms with van der Waals surface area (Å²) in [5.41, 5.74) is 1.52. The molecule has 27 heavy (non-hydrogen) atoms. The molecule has 1 saturated heterocycles. The number of benzene rings is 2. The van der Waals surface area contributed by atoms with E-state index in [0.717, 1.165) is 37.6 Å². The highest BCUT2D eigenvalue weighted by atomic mass is 19.1. The second-order valence-corrected chi connectivity index (χ2v) is 6.67. The molecule has 1 heterocycles. The van der Waals surface area contributed by atoms with Crippen LogP contribution in [0.2, 0.25) is 0 Å². The highest BCUT2D eigenvalue weighted by Crippen LogP contribution is 2.28. The lowest BCUT2D eigenvalue weighted by Gasteiger charge is -2.36. The van der Waals surface area contributed by atoms with Crippen molar-refractivity contribution in [1.82, 2.24) is 4.90 Å². The van der Waals surface area contributed by atoms with Crippen molar-refractivity contribution in [3.8, 4) is 5.75 Å². The number of Topliss-reactive ketones (excluding diaryl/α,β-unsaturated/α-hetero) is 1. The number of methoxy groups -OCH3 is 1. The van der Waals surface area contributed by atoms with Crippen LogP contribution >= 0.6 is 0 Å². The molecule has 144 valence electrons. The number of carbonyl (C=O) groups is 1. The third kappa shape index (κ3) is 4.84. The van der Waals surface area contributed by atoms with E-state index in [1.807, 2.05) is 18.2 Å². The standard InChI is InChI=1S/C21H25FN2O3/c1-27-20-5-3-2-4-18(20)24-14-12-23(13-15-24)11-10-19(25)21(26)16-6-8-17(22)9-7-16/h2-9,21,26H,10-15H2,1H3. The minimum absolute atomic E-state index is 0.242. The summed E-state index contributed by atoms with van der Waals surface area (Å²) in [7, 11) is 1.67. The fraction of sp³-hybridized carbons (Fsp3) is 0.381. The molecule has 1 fully saturated rings. The maximum atomic E-state index is 13.0. The molecule has 0 aliphatic carbocycles. The van der Waals surface area contributed by atoms with E-state index in [9.17, 15) is 14.3 Å². The molecule has 1 unspecified atom stereocenters. The second kappa shape index (κ2) is 8.97. The number of ether oxygens (including phenoxy) is 1. The molecule has 0 radical (unpaired) electrons. The van der Waals surface area contributed by atoms with E-state index in [4.69, 9.17) is 4.74 Å². The Labute approximate surface area is 159 Å². The molecule has 0 saturated carbocycles. The average Bonchev–Trinajstić information content (AvgIpc) is 2.72. The number of rotatable bonds is 7. The first-order chi connectivity index (χ1) is 13.1. The maximum Gasteiger partial charge on any atom is 0.167 e. The number of carbonyl (C=O) groups excluding carboxylic acids is 1. The molecule has 2 aromatic carbocycles. The van der Waals surface area contributed by atoms with Crippen molar-refractivity contribution in [2.75, 3.05) is 44.7 Å². The summed E-state index contributed by atoms with van der Waals surface area (Å²) in [5, 5.41) is 10.1. The molecule has 0 aromatic heterocycles. The van der Waals surface area contributed by atoms with Gasteiger partial charge in [-0.3, -0.25) is 9.69 Å². The van der Waals surface area contributed by atoms with Crippen LogP contribution in [0.15, 0.2) is 48.5 Å². The van der Waals surface area contributed by atoms with Gasteiger partial charge in [-0.15, -0.1) is 0 Å². The van der Waals surface area contributed by atoms with Gasteiger partial charge in [-0.25, -0.2) is 4.39 Å². The van der Waals surface area contributed by atoms with Crippen molar-refractivity contribution < 1.29 is 19.0 Å². The molecule has 2 aromatic rings. The Morgan fingerprint density at radius 3 is 2.44 bits per heavy atom. The molecule has 1 N–H and O–H groups in total. The van der Waals surface area contributed by atoms with Gasteiger partial charge in [-0.1, -0.05) is 24.3 Å². The number of piperazine rings is 1. The van der Waals surface area contributed by atoms with E-state index in [1.165, 1.54) is 24.3 Å². The van der Waals surface area contributed by atoms with Crippen LogP contribution in [0.4, 0.5) is 10.1 Å². The van der Waals surface area contributed by atoms with Gasteiger partial charge in [0.25, 0.3) is 0 Å². The van der Waals surface area contributed by atoms with E-state index in [1.54, 1.807) is 7.11 Å². The Kier molecular flexibility index (Phi) is 6.42. The molecule has 0 bridgehead atoms. The van der Waals surface area contributed by atoms with Gasteiger partial charge in [-0.05, 0) is 29.8 Å². The van der Waals surface area contributed by atoms with E-state index < -0.39 is 6.10 Å². The molecular formula is C21H25FN2O3. The van der Waals surface area contributed by atoms with Crippen LogP contribution in [-0.2, 0) is 4.79 Å². The summed E-state index contributed by atoms with van der Waals surface area (Å²) in [6.07, 6.45) is -0.923. The zero-order valence-corrected chi connectivity index (χ0v) is 15.5. The lowest BCUT2D eigenvalue weighted by molar-refractivity contribution is -0.127. The number of aliphatic hydroxyl groups is 1. The maximum absolute atomic E-state index is 13.0. The Hall–Kier alpha value is -2.44. The summed E-state index contributed by atoms with van der Waals surface area (Å²) in [6.45, 7) is 4.01. The number of anilines is 1. The highest BCUT2D eigenvalue weighted by Gasteiger charge is 2.22. The molecule has 1 aliphatic heterocycles. The van der Waals surface area contributed by atoms with Gasteiger partial charge in [0.15, 0.2) is 5.78 Å². The van der Waals surface area contributed by atoms with Crippen LogP contribution in [0.3, 0.4) is 0 Å². The Bertz CT molecular complexity index is 758. The van der Waals surface area contributed by atoms with Gasteiger partial charge in [-0.2, -0.15) is 0 Å². The van der Waals surface area contributed by atoms with Crippen LogP contribution in [-0.4, -0.2) is 55.6 Å². The summed E-state index contributed by atoms with van der Waals surface area (Å²) >= 11 is 0. The van der Waals surface area contributed by atoms with Gasteiger partial charge < -0.3 is 14.7 Å².